The summed E-state index contributed by atoms with van der Waals surface area (Å²) in [5.74, 6) is 3.73. The summed E-state index contributed by atoms with van der Waals surface area (Å²) < 4.78 is 13.9. The molecular weight excluding hydrogens is 271 g/mol. The van der Waals surface area contributed by atoms with Crippen molar-refractivity contribution in [1.82, 2.24) is 10.3 Å². The maximum Gasteiger partial charge on any atom is 0.254 e. The molecule has 1 aromatic heterocycles. The van der Waals surface area contributed by atoms with E-state index in [0.29, 0.717) is 13.0 Å². The molecule has 5 nitrogen and oxygen atoms in total. The van der Waals surface area contributed by atoms with Crippen molar-refractivity contribution >= 4 is 11.7 Å². The van der Waals surface area contributed by atoms with Gasteiger partial charge in [0, 0.05) is 12.7 Å². The number of aromatic nitrogens is 1. The number of carbonyl (C=O) groups excluding carboxylic acids is 1. The topological polar surface area (TPSA) is 80.0 Å². The summed E-state index contributed by atoms with van der Waals surface area (Å²) >= 11 is 0. The van der Waals surface area contributed by atoms with Crippen LogP contribution in [-0.4, -0.2) is 17.4 Å². The Hall–Kier alpha value is -2.47. The Morgan fingerprint density at radius 2 is 2.10 bits per heavy atom. The highest BCUT2D eigenvalue weighted by Gasteiger charge is 2.15. The van der Waals surface area contributed by atoms with E-state index in [2.05, 4.69) is 15.7 Å². The van der Waals surface area contributed by atoms with Crippen molar-refractivity contribution in [2.75, 3.05) is 12.0 Å². The molecule has 6 heteroatoms. The van der Waals surface area contributed by atoms with E-state index in [1.165, 1.54) is 12.3 Å². The Balaban J connectivity index is 1.98. The van der Waals surface area contributed by atoms with Gasteiger partial charge in [0.2, 0.25) is 0 Å². The number of rotatable bonds is 5. The van der Waals surface area contributed by atoms with Crippen molar-refractivity contribution in [3.8, 4) is 0 Å². The second-order valence-electron chi connectivity index (χ2n) is 4.60. The lowest BCUT2D eigenvalue weighted by Crippen LogP contribution is -2.27. The number of hydrazine groups is 1. The Bertz CT molecular complexity index is 645. The number of hydrogen-bond donors (Lipinski definition) is 3. The van der Waals surface area contributed by atoms with Gasteiger partial charge in [0.05, 0.1) is 5.56 Å². The molecule has 21 heavy (non-hydrogen) atoms. The highest BCUT2D eigenvalue weighted by atomic mass is 19.1. The van der Waals surface area contributed by atoms with E-state index in [4.69, 9.17) is 5.84 Å². The van der Waals surface area contributed by atoms with Crippen LogP contribution < -0.4 is 16.6 Å². The number of anilines is 1. The third-order valence-corrected chi connectivity index (χ3v) is 3.21. The predicted molar refractivity (Wildman–Crippen MR) is 79.2 cm³/mol. The molecule has 0 aliphatic heterocycles. The van der Waals surface area contributed by atoms with E-state index in [9.17, 15) is 9.18 Å². The largest absolute Gasteiger partial charge is 0.352 e. The quantitative estimate of drug-likeness (QED) is 0.579. The van der Waals surface area contributed by atoms with Crippen LogP contribution in [0.4, 0.5) is 10.2 Å². The van der Waals surface area contributed by atoms with Crippen LogP contribution in [0.25, 0.3) is 0 Å². The maximum absolute atomic E-state index is 13.9. The van der Waals surface area contributed by atoms with Crippen LogP contribution in [0.15, 0.2) is 36.5 Å². The van der Waals surface area contributed by atoms with Crippen LogP contribution >= 0.6 is 0 Å². The molecule has 0 unspecified atom stereocenters. The minimum atomic E-state index is -0.756. The molecule has 1 aromatic carbocycles. The number of amides is 1. The zero-order chi connectivity index (χ0) is 15.2. The lowest BCUT2D eigenvalue weighted by atomic mass is 10.1. The first kappa shape index (κ1) is 14.9. The summed E-state index contributed by atoms with van der Waals surface area (Å²) in [5, 5.41) is 2.69. The molecule has 2 aromatic rings. The van der Waals surface area contributed by atoms with Crippen LogP contribution in [0.3, 0.4) is 0 Å². The van der Waals surface area contributed by atoms with Gasteiger partial charge in [-0.3, -0.25) is 4.79 Å². The zero-order valence-corrected chi connectivity index (χ0v) is 11.7. The Labute approximate surface area is 122 Å². The third kappa shape index (κ3) is 3.55. The van der Waals surface area contributed by atoms with E-state index >= 15 is 0 Å². The van der Waals surface area contributed by atoms with Crippen LogP contribution in [0.1, 0.15) is 21.5 Å². The normalized spacial score (nSPS) is 10.2. The van der Waals surface area contributed by atoms with E-state index in [-0.39, 0.29) is 11.4 Å². The molecule has 1 heterocycles. The van der Waals surface area contributed by atoms with Crippen molar-refractivity contribution in [2.45, 2.75) is 13.3 Å². The lowest BCUT2D eigenvalue weighted by molar-refractivity contribution is 0.0950. The van der Waals surface area contributed by atoms with Crippen molar-refractivity contribution in [1.29, 1.82) is 0 Å². The molecule has 0 aliphatic carbocycles. The Morgan fingerprint density at radius 1 is 1.33 bits per heavy atom. The van der Waals surface area contributed by atoms with Crippen LogP contribution in [-0.2, 0) is 6.42 Å². The average molecular weight is 288 g/mol. The molecule has 110 valence electrons. The van der Waals surface area contributed by atoms with Gasteiger partial charge in [-0.1, -0.05) is 24.3 Å². The van der Waals surface area contributed by atoms with Gasteiger partial charge in [-0.15, -0.1) is 0 Å². The monoisotopic (exact) mass is 288 g/mol. The molecule has 0 saturated heterocycles. The summed E-state index contributed by atoms with van der Waals surface area (Å²) in [6.45, 7) is 2.44. The molecule has 0 spiro atoms. The van der Waals surface area contributed by atoms with Crippen molar-refractivity contribution in [3.05, 3.63) is 59.0 Å². The predicted octanol–water partition coefficient (Wildman–Crippen LogP) is 1.79. The first-order valence-electron chi connectivity index (χ1n) is 6.57. The number of halogens is 1. The standard InChI is InChI=1S/C15H17FN4O/c1-10-4-2-3-5-11(10)6-8-19-15(21)12-7-9-18-14(20-17)13(12)16/h2-5,7,9H,6,8,17H2,1H3,(H,18,20)(H,19,21). The zero-order valence-electron chi connectivity index (χ0n) is 11.7. The van der Waals surface area contributed by atoms with E-state index in [1.807, 2.05) is 31.2 Å². The van der Waals surface area contributed by atoms with Crippen molar-refractivity contribution in [3.63, 3.8) is 0 Å². The van der Waals surface area contributed by atoms with Crippen LogP contribution in [0, 0.1) is 12.7 Å². The van der Waals surface area contributed by atoms with Crippen molar-refractivity contribution < 1.29 is 9.18 Å². The Morgan fingerprint density at radius 3 is 2.81 bits per heavy atom. The molecule has 0 bridgehead atoms. The highest BCUT2D eigenvalue weighted by molar-refractivity contribution is 5.95. The summed E-state index contributed by atoms with van der Waals surface area (Å²) in [6.07, 6.45) is 2.02. The molecule has 1 amide bonds. The number of nitrogen functional groups attached to an aromatic ring is 1. The number of carbonyl (C=O) groups is 1. The van der Waals surface area contributed by atoms with Gasteiger partial charge in [0.15, 0.2) is 11.6 Å². The number of benzene rings is 1. The summed E-state index contributed by atoms with van der Waals surface area (Å²) in [4.78, 5) is 15.6. The number of nitrogens with two attached hydrogens (primary N) is 1. The van der Waals surface area contributed by atoms with E-state index in [0.717, 1.165) is 11.1 Å². The molecule has 0 radical (unpaired) electrons. The smallest absolute Gasteiger partial charge is 0.254 e. The first-order valence-corrected chi connectivity index (χ1v) is 6.57. The van der Waals surface area contributed by atoms with Crippen LogP contribution in [0.5, 0.6) is 0 Å². The number of nitrogens with zero attached hydrogens (tertiary/aromatic N) is 1. The molecule has 0 saturated carbocycles. The second-order valence-corrected chi connectivity index (χ2v) is 4.60. The first-order chi connectivity index (χ1) is 10.1. The second kappa shape index (κ2) is 6.81. The number of hydrogen-bond acceptors (Lipinski definition) is 4. The third-order valence-electron chi connectivity index (χ3n) is 3.21. The number of pyridine rings is 1. The maximum atomic E-state index is 13.9. The van der Waals surface area contributed by atoms with E-state index < -0.39 is 11.7 Å². The van der Waals surface area contributed by atoms with Gasteiger partial charge in [-0.25, -0.2) is 15.2 Å². The van der Waals surface area contributed by atoms with Gasteiger partial charge in [0.25, 0.3) is 5.91 Å². The molecular formula is C15H17FN4O. The molecule has 0 aliphatic rings. The number of nitrogens with one attached hydrogen (secondary N) is 2. The Kier molecular flexibility index (Phi) is 4.84. The van der Waals surface area contributed by atoms with Crippen LogP contribution in [0.2, 0.25) is 0 Å². The van der Waals surface area contributed by atoms with Gasteiger partial charge in [0.1, 0.15) is 0 Å². The SMILES string of the molecule is Cc1ccccc1CCNC(=O)c1ccnc(NN)c1F. The lowest BCUT2D eigenvalue weighted by Gasteiger charge is -2.09. The molecule has 2 rings (SSSR count). The average Bonchev–Trinajstić information content (AvgIpc) is 2.49. The van der Waals surface area contributed by atoms with Crippen molar-refractivity contribution in [2.24, 2.45) is 5.84 Å². The molecule has 0 atom stereocenters. The highest BCUT2D eigenvalue weighted by Crippen LogP contribution is 2.13. The fraction of sp³-hybridized carbons (Fsp3) is 0.200. The van der Waals surface area contributed by atoms with Gasteiger partial charge in [-0.05, 0) is 30.5 Å². The molecule has 0 fully saturated rings. The summed E-state index contributed by atoms with van der Waals surface area (Å²) in [7, 11) is 0. The van der Waals surface area contributed by atoms with Gasteiger partial charge >= 0.3 is 0 Å². The fourth-order valence-electron chi connectivity index (χ4n) is 2.02. The summed E-state index contributed by atoms with van der Waals surface area (Å²) in [5.41, 5.74) is 4.35. The fourth-order valence-corrected chi connectivity index (χ4v) is 2.02. The number of aryl methyl sites for hydroxylation is 1. The summed E-state index contributed by atoms with van der Waals surface area (Å²) in [6, 6.07) is 9.25. The minimum absolute atomic E-state index is 0.0808. The minimum Gasteiger partial charge on any atom is -0.352 e. The van der Waals surface area contributed by atoms with E-state index in [1.54, 1.807) is 0 Å². The van der Waals surface area contributed by atoms with Gasteiger partial charge < -0.3 is 10.7 Å². The molecule has 4 N–H and O–H groups in total. The van der Waals surface area contributed by atoms with Gasteiger partial charge in [-0.2, -0.15) is 0 Å².